The van der Waals surface area contributed by atoms with E-state index in [4.69, 9.17) is 5.11 Å². The molecule has 1 amide bonds. The second-order valence-corrected chi connectivity index (χ2v) is 4.64. The number of aromatic nitrogens is 4. The molecule has 2 aromatic rings. The fraction of sp³-hybridized carbons (Fsp3) is 0.333. The zero-order valence-electron chi connectivity index (χ0n) is 10.3. The summed E-state index contributed by atoms with van der Waals surface area (Å²) in [6.07, 6.45) is 1.09. The molecule has 0 saturated heterocycles. The Kier molecular flexibility index (Phi) is 4.00. The summed E-state index contributed by atoms with van der Waals surface area (Å²) in [4.78, 5) is 25.1. The summed E-state index contributed by atoms with van der Waals surface area (Å²) in [5, 5.41) is 30.5. The number of hydrogen-bond acceptors (Lipinski definition) is 8. The first-order chi connectivity index (χ1) is 9.52. The SMILES string of the molecule is CC(=O)Nc1nnc(-c2ncc([N+](=O)[O-])n2CCO)s1. The van der Waals surface area contributed by atoms with Crippen LogP contribution in [0.25, 0.3) is 10.8 Å². The molecule has 20 heavy (non-hydrogen) atoms. The van der Waals surface area contributed by atoms with E-state index in [2.05, 4.69) is 20.5 Å². The molecule has 11 heteroatoms. The minimum Gasteiger partial charge on any atom is -0.392 e. The van der Waals surface area contributed by atoms with Crippen LogP contribution in [0.3, 0.4) is 0 Å². The van der Waals surface area contributed by atoms with Gasteiger partial charge in [0.2, 0.25) is 16.0 Å². The van der Waals surface area contributed by atoms with E-state index in [0.29, 0.717) is 5.01 Å². The molecule has 0 fully saturated rings. The van der Waals surface area contributed by atoms with E-state index < -0.39 is 4.92 Å². The Balaban J connectivity index is 2.39. The van der Waals surface area contributed by atoms with Gasteiger partial charge in [-0.3, -0.25) is 4.79 Å². The number of carbonyl (C=O) groups excluding carboxylic acids is 1. The highest BCUT2D eigenvalue weighted by Crippen LogP contribution is 2.28. The molecule has 2 heterocycles. The maximum atomic E-state index is 10.9. The van der Waals surface area contributed by atoms with Crippen LogP contribution < -0.4 is 5.32 Å². The van der Waals surface area contributed by atoms with Crippen molar-refractivity contribution in [2.45, 2.75) is 13.5 Å². The molecule has 2 rings (SSSR count). The Hall–Kier alpha value is -2.40. The summed E-state index contributed by atoms with van der Waals surface area (Å²) in [5.74, 6) is -0.317. The number of hydrogen-bond donors (Lipinski definition) is 2. The van der Waals surface area contributed by atoms with Crippen molar-refractivity contribution in [1.29, 1.82) is 0 Å². The van der Waals surface area contributed by atoms with Crippen LogP contribution in [0.5, 0.6) is 0 Å². The van der Waals surface area contributed by atoms with Crippen LogP contribution in [0.1, 0.15) is 6.92 Å². The maximum Gasteiger partial charge on any atom is 0.343 e. The van der Waals surface area contributed by atoms with Gasteiger partial charge in [0.15, 0.2) is 0 Å². The Morgan fingerprint density at radius 2 is 2.35 bits per heavy atom. The number of amides is 1. The van der Waals surface area contributed by atoms with E-state index in [1.165, 1.54) is 11.5 Å². The fourth-order valence-corrected chi connectivity index (χ4v) is 2.31. The molecule has 0 spiro atoms. The summed E-state index contributed by atoms with van der Waals surface area (Å²) in [7, 11) is 0. The molecule has 0 aliphatic heterocycles. The van der Waals surface area contributed by atoms with Crippen LogP contribution in [0.15, 0.2) is 6.20 Å². The second kappa shape index (κ2) is 5.71. The predicted molar refractivity (Wildman–Crippen MR) is 69.2 cm³/mol. The van der Waals surface area contributed by atoms with Gasteiger partial charge in [0.1, 0.15) is 12.7 Å². The van der Waals surface area contributed by atoms with Crippen LogP contribution in [0, 0.1) is 10.1 Å². The minimum atomic E-state index is -0.595. The molecule has 0 aromatic carbocycles. The van der Waals surface area contributed by atoms with Gasteiger partial charge in [0.25, 0.3) is 5.82 Å². The molecule has 0 unspecified atom stereocenters. The van der Waals surface area contributed by atoms with Gasteiger partial charge in [-0.15, -0.1) is 10.2 Å². The van der Waals surface area contributed by atoms with Crippen molar-refractivity contribution < 1.29 is 14.8 Å². The van der Waals surface area contributed by atoms with E-state index in [-0.39, 0.29) is 35.8 Å². The number of aliphatic hydroxyl groups excluding tert-OH is 1. The number of nitrogens with one attached hydrogen (secondary N) is 1. The highest BCUT2D eigenvalue weighted by molar-refractivity contribution is 7.18. The molecule has 106 valence electrons. The first-order valence-corrected chi connectivity index (χ1v) is 6.26. The minimum absolute atomic E-state index is 0.0146. The zero-order valence-corrected chi connectivity index (χ0v) is 11.1. The Labute approximate surface area is 116 Å². The van der Waals surface area contributed by atoms with E-state index in [1.807, 2.05) is 0 Å². The highest BCUT2D eigenvalue weighted by Gasteiger charge is 2.24. The smallest absolute Gasteiger partial charge is 0.343 e. The van der Waals surface area contributed by atoms with Crippen molar-refractivity contribution in [3.63, 3.8) is 0 Å². The quantitative estimate of drug-likeness (QED) is 0.596. The topological polar surface area (TPSA) is 136 Å². The van der Waals surface area contributed by atoms with Crippen molar-refractivity contribution >= 4 is 28.2 Å². The monoisotopic (exact) mass is 298 g/mol. The third kappa shape index (κ3) is 2.78. The average molecular weight is 298 g/mol. The molecule has 0 bridgehead atoms. The molecule has 10 nitrogen and oxygen atoms in total. The van der Waals surface area contributed by atoms with Gasteiger partial charge in [-0.05, 0) is 4.92 Å². The summed E-state index contributed by atoms with van der Waals surface area (Å²) in [5.41, 5.74) is 0. The summed E-state index contributed by atoms with van der Waals surface area (Å²) in [6.45, 7) is 1.07. The highest BCUT2D eigenvalue weighted by atomic mass is 32.1. The van der Waals surface area contributed by atoms with Gasteiger partial charge < -0.3 is 20.5 Å². The molecular weight excluding hydrogens is 288 g/mol. The third-order valence-electron chi connectivity index (χ3n) is 2.24. The van der Waals surface area contributed by atoms with E-state index in [1.54, 1.807) is 0 Å². The number of nitrogens with zero attached hydrogens (tertiary/aromatic N) is 5. The Morgan fingerprint density at radius 3 is 2.95 bits per heavy atom. The summed E-state index contributed by atoms with van der Waals surface area (Å²) < 4.78 is 1.23. The van der Waals surface area contributed by atoms with Crippen LogP contribution >= 0.6 is 11.3 Å². The van der Waals surface area contributed by atoms with Gasteiger partial charge >= 0.3 is 5.82 Å². The number of imidazole rings is 1. The van der Waals surface area contributed by atoms with Crippen molar-refractivity contribution in [1.82, 2.24) is 19.7 Å². The molecule has 0 aliphatic carbocycles. The van der Waals surface area contributed by atoms with Gasteiger partial charge in [0, 0.05) is 6.92 Å². The normalized spacial score (nSPS) is 10.5. The standard InChI is InChI=1S/C9H10N6O4S/c1-5(17)11-9-13-12-8(20-9)7-10-4-6(15(18)19)14(7)2-3-16/h4,16H,2-3H2,1H3,(H,11,13,17). The second-order valence-electron chi connectivity index (χ2n) is 3.67. The maximum absolute atomic E-state index is 10.9. The van der Waals surface area contributed by atoms with E-state index in [0.717, 1.165) is 17.5 Å². The van der Waals surface area contributed by atoms with Gasteiger partial charge in [-0.2, -0.15) is 0 Å². The van der Waals surface area contributed by atoms with Crippen molar-refractivity contribution in [2.75, 3.05) is 11.9 Å². The number of aliphatic hydroxyl groups is 1. The molecule has 0 saturated carbocycles. The number of carbonyl (C=O) groups is 1. The number of rotatable bonds is 5. The lowest BCUT2D eigenvalue weighted by Crippen LogP contribution is -2.07. The number of anilines is 1. The average Bonchev–Trinajstić information content (AvgIpc) is 2.95. The van der Waals surface area contributed by atoms with Crippen LogP contribution in [-0.2, 0) is 11.3 Å². The lowest BCUT2D eigenvalue weighted by molar-refractivity contribution is -0.392. The van der Waals surface area contributed by atoms with Crippen molar-refractivity contribution in [2.24, 2.45) is 0 Å². The molecule has 2 aromatic heterocycles. The molecular formula is C9H10N6O4S. The zero-order chi connectivity index (χ0) is 14.7. The Morgan fingerprint density at radius 1 is 1.60 bits per heavy atom. The van der Waals surface area contributed by atoms with Crippen molar-refractivity contribution in [3.8, 4) is 10.8 Å². The Bertz CT molecular complexity index is 651. The number of nitro groups is 1. The first kappa shape index (κ1) is 14.0. The predicted octanol–water partition coefficient (Wildman–Crippen LogP) is 0.260. The van der Waals surface area contributed by atoms with Crippen LogP contribution in [0.2, 0.25) is 0 Å². The van der Waals surface area contributed by atoms with Gasteiger partial charge in [-0.1, -0.05) is 11.3 Å². The fourth-order valence-electron chi connectivity index (χ4n) is 1.52. The lowest BCUT2D eigenvalue weighted by Gasteiger charge is -2.00. The first-order valence-electron chi connectivity index (χ1n) is 5.45. The molecule has 2 N–H and O–H groups in total. The third-order valence-corrected chi connectivity index (χ3v) is 3.08. The summed E-state index contributed by atoms with van der Waals surface area (Å²) in [6, 6.07) is 0. The summed E-state index contributed by atoms with van der Waals surface area (Å²) >= 11 is 1.04. The van der Waals surface area contributed by atoms with Crippen molar-refractivity contribution in [3.05, 3.63) is 16.3 Å². The molecule has 0 aliphatic rings. The van der Waals surface area contributed by atoms with E-state index >= 15 is 0 Å². The molecule has 0 atom stereocenters. The van der Waals surface area contributed by atoms with Gasteiger partial charge in [0.05, 0.1) is 6.61 Å². The van der Waals surface area contributed by atoms with Gasteiger partial charge in [-0.25, -0.2) is 9.55 Å². The lowest BCUT2D eigenvalue weighted by atomic mass is 10.5. The van der Waals surface area contributed by atoms with Crippen LogP contribution in [0.4, 0.5) is 10.9 Å². The van der Waals surface area contributed by atoms with E-state index in [9.17, 15) is 14.9 Å². The largest absolute Gasteiger partial charge is 0.392 e. The van der Waals surface area contributed by atoms with Crippen LogP contribution in [-0.4, -0.2) is 42.3 Å². The molecule has 0 radical (unpaired) electrons.